The van der Waals surface area contributed by atoms with Crippen molar-refractivity contribution in [3.8, 4) is 0 Å². The van der Waals surface area contributed by atoms with E-state index >= 15 is 0 Å². The van der Waals surface area contributed by atoms with E-state index in [0.717, 1.165) is 12.8 Å². The van der Waals surface area contributed by atoms with Crippen LogP contribution in [-0.4, -0.2) is 30.0 Å². The van der Waals surface area contributed by atoms with Crippen molar-refractivity contribution in [2.24, 2.45) is 0 Å². The van der Waals surface area contributed by atoms with Crippen molar-refractivity contribution >= 4 is 37.8 Å². The zero-order valence-corrected chi connectivity index (χ0v) is 13.4. The van der Waals surface area contributed by atoms with E-state index in [2.05, 4.69) is 37.2 Å². The average molecular weight is 395 g/mol. The van der Waals surface area contributed by atoms with Crippen LogP contribution < -0.4 is 5.32 Å². The van der Waals surface area contributed by atoms with Gasteiger partial charge in [-0.05, 0) is 47.0 Å². The number of nitrogens with one attached hydrogen (secondary N) is 1. The molecule has 6 heteroatoms. The number of carbonyl (C=O) groups is 1. The summed E-state index contributed by atoms with van der Waals surface area (Å²) in [6.07, 6.45) is 1.49. The second-order valence-corrected chi connectivity index (χ2v) is 6.02. The quantitative estimate of drug-likeness (QED) is 0.799. The Bertz CT molecular complexity index is 476. The summed E-state index contributed by atoms with van der Waals surface area (Å²) in [5, 5.41) is 3.66. The lowest BCUT2D eigenvalue weighted by Gasteiger charge is -2.36. The predicted octanol–water partition coefficient (Wildman–Crippen LogP) is 3.26. The fourth-order valence-corrected chi connectivity index (χ4v) is 3.16. The van der Waals surface area contributed by atoms with Crippen molar-refractivity contribution in [3.05, 3.63) is 34.1 Å². The van der Waals surface area contributed by atoms with Gasteiger partial charge in [0.1, 0.15) is 5.82 Å². The van der Waals surface area contributed by atoms with E-state index in [9.17, 15) is 9.18 Å². The van der Waals surface area contributed by atoms with Crippen LogP contribution in [0, 0.1) is 5.82 Å². The molecule has 1 aliphatic rings. The van der Waals surface area contributed by atoms with Crippen molar-refractivity contribution in [3.63, 3.8) is 0 Å². The molecular weight excluding hydrogens is 381 g/mol. The zero-order chi connectivity index (χ0) is 13.9. The summed E-state index contributed by atoms with van der Waals surface area (Å²) >= 11 is 6.72. The summed E-state index contributed by atoms with van der Waals surface area (Å²) in [6.45, 7) is 1.24. The Morgan fingerprint density at radius 3 is 2.74 bits per heavy atom. The third-order valence-corrected chi connectivity index (χ3v) is 5.02. The average Bonchev–Trinajstić information content (AvgIpc) is 2.42. The molecule has 1 heterocycles. The zero-order valence-electron chi connectivity index (χ0n) is 10.2. The maximum Gasteiger partial charge on any atom is 0.252 e. The van der Waals surface area contributed by atoms with E-state index in [0.29, 0.717) is 28.6 Å². The number of ether oxygens (including phenoxy) is 1. The van der Waals surface area contributed by atoms with Crippen molar-refractivity contribution in [1.29, 1.82) is 0 Å². The van der Waals surface area contributed by atoms with Gasteiger partial charge in [0.05, 0.1) is 11.1 Å². The van der Waals surface area contributed by atoms with E-state index < -0.39 is 5.82 Å². The third kappa shape index (κ3) is 3.55. The van der Waals surface area contributed by atoms with Gasteiger partial charge in [0.15, 0.2) is 0 Å². The van der Waals surface area contributed by atoms with E-state index in [1.54, 1.807) is 0 Å². The van der Waals surface area contributed by atoms with Gasteiger partial charge in [-0.1, -0.05) is 15.9 Å². The second kappa shape index (κ2) is 6.33. The Balaban J connectivity index is 2.17. The molecular formula is C13H14Br2FNO2. The van der Waals surface area contributed by atoms with Gasteiger partial charge in [0, 0.05) is 23.0 Å². The van der Waals surface area contributed by atoms with Crippen molar-refractivity contribution in [2.75, 3.05) is 18.5 Å². The van der Waals surface area contributed by atoms with Gasteiger partial charge in [-0.3, -0.25) is 4.79 Å². The number of halogens is 3. The monoisotopic (exact) mass is 393 g/mol. The van der Waals surface area contributed by atoms with Gasteiger partial charge in [-0.2, -0.15) is 0 Å². The first-order valence-corrected chi connectivity index (χ1v) is 7.89. The molecule has 104 valence electrons. The number of rotatable bonds is 3. The number of benzene rings is 1. The van der Waals surface area contributed by atoms with Crippen molar-refractivity contribution < 1.29 is 13.9 Å². The Morgan fingerprint density at radius 1 is 1.42 bits per heavy atom. The Hall–Kier alpha value is -0.460. The van der Waals surface area contributed by atoms with Crippen LogP contribution in [0.4, 0.5) is 4.39 Å². The van der Waals surface area contributed by atoms with Gasteiger partial charge in [0.25, 0.3) is 5.91 Å². The third-order valence-electron chi connectivity index (χ3n) is 3.26. The van der Waals surface area contributed by atoms with Crippen LogP contribution in [0.5, 0.6) is 0 Å². The smallest absolute Gasteiger partial charge is 0.252 e. The lowest BCUT2D eigenvalue weighted by molar-refractivity contribution is 0.0441. The van der Waals surface area contributed by atoms with E-state index in [1.807, 2.05) is 0 Å². The highest BCUT2D eigenvalue weighted by molar-refractivity contribution is 9.10. The molecule has 0 aromatic heterocycles. The Kier molecular flexibility index (Phi) is 4.97. The molecule has 0 atom stereocenters. The van der Waals surface area contributed by atoms with E-state index in [1.165, 1.54) is 18.2 Å². The molecule has 0 radical (unpaired) electrons. The first-order chi connectivity index (χ1) is 9.06. The second-order valence-electron chi connectivity index (χ2n) is 4.60. The van der Waals surface area contributed by atoms with Crippen LogP contribution in [0.3, 0.4) is 0 Å². The van der Waals surface area contributed by atoms with Gasteiger partial charge >= 0.3 is 0 Å². The van der Waals surface area contributed by atoms with Gasteiger partial charge < -0.3 is 10.1 Å². The Morgan fingerprint density at radius 2 is 2.11 bits per heavy atom. The van der Waals surface area contributed by atoms with E-state index in [-0.39, 0.29) is 11.4 Å². The topological polar surface area (TPSA) is 38.3 Å². The van der Waals surface area contributed by atoms with Crippen molar-refractivity contribution in [2.45, 2.75) is 18.4 Å². The minimum Gasteiger partial charge on any atom is -0.381 e. The van der Waals surface area contributed by atoms with Crippen molar-refractivity contribution in [1.82, 2.24) is 5.32 Å². The van der Waals surface area contributed by atoms with Crippen LogP contribution in [-0.2, 0) is 4.74 Å². The Labute approximate surface area is 128 Å². The molecule has 0 bridgehead atoms. The van der Waals surface area contributed by atoms with Gasteiger partial charge in [-0.25, -0.2) is 4.39 Å². The molecule has 1 amide bonds. The molecule has 1 aromatic carbocycles. The van der Waals surface area contributed by atoms with Crippen LogP contribution in [0.1, 0.15) is 23.2 Å². The maximum atomic E-state index is 13.2. The number of hydrogen-bond donors (Lipinski definition) is 1. The number of amides is 1. The number of hydrogen-bond acceptors (Lipinski definition) is 2. The predicted molar refractivity (Wildman–Crippen MR) is 78.1 cm³/mol. The molecule has 1 N–H and O–H groups in total. The normalized spacial score (nSPS) is 18.1. The molecule has 1 saturated heterocycles. The first-order valence-electron chi connectivity index (χ1n) is 5.98. The summed E-state index contributed by atoms with van der Waals surface area (Å²) in [6, 6.07) is 4.09. The summed E-state index contributed by atoms with van der Waals surface area (Å²) in [5.41, 5.74) is -0.00649. The molecule has 1 fully saturated rings. The molecule has 0 saturated carbocycles. The van der Waals surface area contributed by atoms with Gasteiger partial charge in [-0.15, -0.1) is 0 Å². The molecule has 1 aromatic rings. The molecule has 2 rings (SSSR count). The SMILES string of the molecule is O=C(NC1(CBr)CCOCC1)c1cc(F)ccc1Br. The highest BCUT2D eigenvalue weighted by Crippen LogP contribution is 2.25. The standard InChI is InChI=1S/C13H14Br2FNO2/c14-8-13(3-5-19-6-4-13)17-12(18)10-7-9(16)1-2-11(10)15/h1-2,7H,3-6,8H2,(H,17,18). The highest BCUT2D eigenvalue weighted by Gasteiger charge is 2.33. The molecule has 0 unspecified atom stereocenters. The first kappa shape index (κ1) is 14.9. The summed E-state index contributed by atoms with van der Waals surface area (Å²) in [7, 11) is 0. The maximum absolute atomic E-state index is 13.2. The van der Waals surface area contributed by atoms with Crippen LogP contribution in [0.25, 0.3) is 0 Å². The lowest BCUT2D eigenvalue weighted by Crippen LogP contribution is -2.53. The van der Waals surface area contributed by atoms with Gasteiger partial charge in [0.2, 0.25) is 0 Å². The fraction of sp³-hybridized carbons (Fsp3) is 0.462. The van der Waals surface area contributed by atoms with Crippen LogP contribution in [0.2, 0.25) is 0 Å². The van der Waals surface area contributed by atoms with Crippen LogP contribution in [0.15, 0.2) is 22.7 Å². The summed E-state index contributed by atoms with van der Waals surface area (Å²) in [5.74, 6) is -0.694. The number of carbonyl (C=O) groups excluding carboxylic acids is 1. The van der Waals surface area contributed by atoms with E-state index in [4.69, 9.17) is 4.74 Å². The largest absolute Gasteiger partial charge is 0.381 e. The number of alkyl halides is 1. The molecule has 19 heavy (non-hydrogen) atoms. The van der Waals surface area contributed by atoms with Crippen LogP contribution >= 0.6 is 31.9 Å². The summed E-state index contributed by atoms with van der Waals surface area (Å²) < 4.78 is 19.1. The minimum absolute atomic E-state index is 0.271. The molecule has 0 aliphatic carbocycles. The lowest BCUT2D eigenvalue weighted by atomic mass is 9.92. The fourth-order valence-electron chi connectivity index (χ4n) is 2.03. The highest BCUT2D eigenvalue weighted by atomic mass is 79.9. The summed E-state index contributed by atoms with van der Waals surface area (Å²) in [4.78, 5) is 12.3. The molecule has 3 nitrogen and oxygen atoms in total. The minimum atomic E-state index is -0.423. The molecule has 0 spiro atoms. The molecule has 1 aliphatic heterocycles.